The lowest BCUT2D eigenvalue weighted by Crippen LogP contribution is -2.47. The number of thioether (sulfide) groups is 1. The van der Waals surface area contributed by atoms with Gasteiger partial charge in [-0.05, 0) is 61.7 Å². The van der Waals surface area contributed by atoms with Crippen LogP contribution in [0.25, 0.3) is 6.08 Å². The number of rotatable bonds is 3. The van der Waals surface area contributed by atoms with E-state index in [0.717, 1.165) is 41.5 Å². The van der Waals surface area contributed by atoms with E-state index in [0.29, 0.717) is 16.5 Å². The summed E-state index contributed by atoms with van der Waals surface area (Å²) in [5.74, 6) is -0.579. The number of benzene rings is 1. The van der Waals surface area contributed by atoms with Crippen molar-refractivity contribution >= 4 is 46.5 Å². The molecular weight excluding hydrogens is 360 g/mol. The van der Waals surface area contributed by atoms with E-state index in [9.17, 15) is 14.4 Å². The number of imide groups is 1. The zero-order valence-electron chi connectivity index (χ0n) is 13.9. The maximum absolute atomic E-state index is 12.5. The van der Waals surface area contributed by atoms with Crippen LogP contribution in [0, 0.1) is 0 Å². The third-order valence-corrected chi connectivity index (χ3v) is 5.62. The predicted octanol–water partition coefficient (Wildman–Crippen LogP) is 3.78. The second-order valence-electron chi connectivity index (χ2n) is 6.25. The van der Waals surface area contributed by atoms with Crippen molar-refractivity contribution in [2.45, 2.75) is 32.2 Å². The molecule has 132 valence electrons. The minimum atomic E-state index is -0.414. The first kappa shape index (κ1) is 18.0. The summed E-state index contributed by atoms with van der Waals surface area (Å²) in [6.45, 7) is 2.51. The Morgan fingerprint density at radius 2 is 2.00 bits per heavy atom. The minimum Gasteiger partial charge on any atom is -0.338 e. The summed E-state index contributed by atoms with van der Waals surface area (Å²) in [6.07, 6.45) is 4.68. The Morgan fingerprint density at radius 1 is 1.28 bits per heavy atom. The molecule has 0 spiro atoms. The summed E-state index contributed by atoms with van der Waals surface area (Å²) in [7, 11) is 0. The summed E-state index contributed by atoms with van der Waals surface area (Å²) in [5.41, 5.74) is 0.783. The molecule has 0 unspecified atom stereocenters. The van der Waals surface area contributed by atoms with Crippen LogP contribution < -0.4 is 0 Å². The van der Waals surface area contributed by atoms with Gasteiger partial charge in [-0.3, -0.25) is 19.3 Å². The molecular formula is C18H19ClN2O3S. The van der Waals surface area contributed by atoms with Crippen LogP contribution in [-0.2, 0) is 9.59 Å². The molecule has 5 nitrogen and oxygen atoms in total. The number of nitrogens with zero attached hydrogens (tertiary/aromatic N) is 2. The number of piperidine rings is 1. The van der Waals surface area contributed by atoms with Crippen molar-refractivity contribution in [1.82, 2.24) is 9.80 Å². The molecule has 1 aromatic rings. The fourth-order valence-corrected chi connectivity index (χ4v) is 4.01. The number of hydrogen-bond donors (Lipinski definition) is 0. The predicted molar refractivity (Wildman–Crippen MR) is 99.2 cm³/mol. The normalized spacial score (nSPS) is 22.8. The van der Waals surface area contributed by atoms with Gasteiger partial charge in [0.2, 0.25) is 5.91 Å². The zero-order chi connectivity index (χ0) is 18.0. The average molecular weight is 379 g/mol. The minimum absolute atomic E-state index is 0.158. The Bertz CT molecular complexity index is 732. The third kappa shape index (κ3) is 4.07. The van der Waals surface area contributed by atoms with Gasteiger partial charge < -0.3 is 4.90 Å². The summed E-state index contributed by atoms with van der Waals surface area (Å²) in [5, 5.41) is 0.203. The molecule has 2 fully saturated rings. The van der Waals surface area contributed by atoms with E-state index in [1.54, 1.807) is 35.2 Å². The number of amides is 3. The lowest BCUT2D eigenvalue weighted by atomic mass is 10.0. The zero-order valence-corrected chi connectivity index (χ0v) is 15.5. The van der Waals surface area contributed by atoms with E-state index in [1.165, 1.54) is 0 Å². The second-order valence-corrected chi connectivity index (χ2v) is 7.68. The summed E-state index contributed by atoms with van der Waals surface area (Å²) in [6, 6.07) is 7.15. The maximum Gasteiger partial charge on any atom is 0.294 e. The van der Waals surface area contributed by atoms with Gasteiger partial charge in [0.05, 0.1) is 4.91 Å². The SMILES string of the molecule is C[C@@H]1CCCCN1C(=O)CN1C(=O)S/C(=C\c2ccc(Cl)cc2)C1=O. The number of hydrogen-bond acceptors (Lipinski definition) is 4. The highest BCUT2D eigenvalue weighted by atomic mass is 35.5. The monoisotopic (exact) mass is 378 g/mol. The standard InChI is InChI=1S/C18H19ClN2O3S/c1-12-4-2-3-9-20(12)16(22)11-21-17(23)15(25-18(21)24)10-13-5-7-14(19)8-6-13/h5-8,10,12H,2-4,9,11H2,1H3/b15-10-/t12-/m1/s1. The van der Waals surface area contributed by atoms with Gasteiger partial charge in [-0.25, -0.2) is 0 Å². The maximum atomic E-state index is 12.5. The van der Waals surface area contributed by atoms with Crippen molar-refractivity contribution in [3.05, 3.63) is 39.8 Å². The molecule has 3 rings (SSSR count). The Morgan fingerprint density at radius 3 is 2.68 bits per heavy atom. The Kier molecular flexibility index (Phi) is 5.49. The number of carbonyl (C=O) groups is 3. The van der Waals surface area contributed by atoms with Gasteiger partial charge in [-0.15, -0.1) is 0 Å². The van der Waals surface area contributed by atoms with Crippen LogP contribution >= 0.6 is 23.4 Å². The van der Waals surface area contributed by atoms with Gasteiger partial charge in [0.25, 0.3) is 11.1 Å². The van der Waals surface area contributed by atoms with Crippen LogP contribution in [0.15, 0.2) is 29.2 Å². The van der Waals surface area contributed by atoms with E-state index in [1.807, 2.05) is 6.92 Å². The van der Waals surface area contributed by atoms with Gasteiger partial charge >= 0.3 is 0 Å². The van der Waals surface area contributed by atoms with Crippen molar-refractivity contribution in [2.75, 3.05) is 13.1 Å². The van der Waals surface area contributed by atoms with Gasteiger partial charge in [-0.2, -0.15) is 0 Å². The molecule has 0 N–H and O–H groups in total. The number of likely N-dealkylation sites (tertiary alicyclic amines) is 1. The molecule has 0 bridgehead atoms. The van der Waals surface area contributed by atoms with E-state index in [2.05, 4.69) is 0 Å². The summed E-state index contributed by atoms with van der Waals surface area (Å²) < 4.78 is 0. The molecule has 25 heavy (non-hydrogen) atoms. The van der Waals surface area contributed by atoms with Crippen molar-refractivity contribution in [3.63, 3.8) is 0 Å². The molecule has 1 aromatic carbocycles. The topological polar surface area (TPSA) is 57.7 Å². The molecule has 0 aliphatic carbocycles. The van der Waals surface area contributed by atoms with Crippen LogP contribution in [0.1, 0.15) is 31.7 Å². The first-order chi connectivity index (χ1) is 12.0. The highest BCUT2D eigenvalue weighted by molar-refractivity contribution is 8.18. The lowest BCUT2D eigenvalue weighted by Gasteiger charge is -2.34. The molecule has 2 saturated heterocycles. The van der Waals surface area contributed by atoms with Gasteiger partial charge in [0.1, 0.15) is 6.54 Å². The molecule has 7 heteroatoms. The van der Waals surface area contributed by atoms with Crippen molar-refractivity contribution in [1.29, 1.82) is 0 Å². The lowest BCUT2D eigenvalue weighted by molar-refractivity contribution is -0.138. The molecule has 0 aromatic heterocycles. The summed E-state index contributed by atoms with van der Waals surface area (Å²) in [4.78, 5) is 40.3. The first-order valence-corrected chi connectivity index (χ1v) is 9.45. The molecule has 2 aliphatic heterocycles. The molecule has 2 heterocycles. The molecule has 1 atom stereocenters. The van der Waals surface area contributed by atoms with E-state index < -0.39 is 11.1 Å². The Balaban J connectivity index is 1.70. The number of halogens is 1. The Hall–Kier alpha value is -1.79. The van der Waals surface area contributed by atoms with Crippen molar-refractivity contribution in [2.24, 2.45) is 0 Å². The molecule has 0 saturated carbocycles. The summed E-state index contributed by atoms with van der Waals surface area (Å²) >= 11 is 6.71. The average Bonchev–Trinajstić information content (AvgIpc) is 2.85. The number of carbonyl (C=O) groups excluding carboxylic acids is 3. The van der Waals surface area contributed by atoms with Gasteiger partial charge in [-0.1, -0.05) is 23.7 Å². The fraction of sp³-hybridized carbons (Fsp3) is 0.389. The van der Waals surface area contributed by atoms with Crippen molar-refractivity contribution < 1.29 is 14.4 Å². The van der Waals surface area contributed by atoms with Gasteiger partial charge in [0, 0.05) is 17.6 Å². The van der Waals surface area contributed by atoms with Gasteiger partial charge in [0.15, 0.2) is 0 Å². The largest absolute Gasteiger partial charge is 0.338 e. The van der Waals surface area contributed by atoms with E-state index in [-0.39, 0.29) is 18.5 Å². The fourth-order valence-electron chi connectivity index (χ4n) is 3.04. The van der Waals surface area contributed by atoms with Crippen LogP contribution in [0.5, 0.6) is 0 Å². The smallest absolute Gasteiger partial charge is 0.294 e. The first-order valence-electron chi connectivity index (χ1n) is 8.26. The van der Waals surface area contributed by atoms with E-state index >= 15 is 0 Å². The van der Waals surface area contributed by atoms with Crippen molar-refractivity contribution in [3.8, 4) is 0 Å². The second kappa shape index (κ2) is 7.62. The molecule has 2 aliphatic rings. The molecule has 0 radical (unpaired) electrons. The van der Waals surface area contributed by atoms with Crippen LogP contribution in [0.4, 0.5) is 4.79 Å². The van der Waals surface area contributed by atoms with Crippen LogP contribution in [0.2, 0.25) is 5.02 Å². The quantitative estimate of drug-likeness (QED) is 0.751. The third-order valence-electron chi connectivity index (χ3n) is 4.46. The highest BCUT2D eigenvalue weighted by Crippen LogP contribution is 2.32. The van der Waals surface area contributed by atoms with Crippen LogP contribution in [0.3, 0.4) is 0 Å². The molecule has 3 amide bonds. The Labute approximate surface area is 156 Å². The van der Waals surface area contributed by atoms with E-state index in [4.69, 9.17) is 11.6 Å². The van der Waals surface area contributed by atoms with Crippen LogP contribution in [-0.4, -0.2) is 46.0 Å². The highest BCUT2D eigenvalue weighted by Gasteiger charge is 2.37.